The van der Waals surface area contributed by atoms with Crippen molar-refractivity contribution in [1.29, 1.82) is 0 Å². The second-order valence-corrected chi connectivity index (χ2v) is 8.23. The molecule has 0 aromatic heterocycles. The van der Waals surface area contributed by atoms with Crippen molar-refractivity contribution in [1.82, 2.24) is 5.32 Å². The summed E-state index contributed by atoms with van der Waals surface area (Å²) in [6.07, 6.45) is -7.10. The summed E-state index contributed by atoms with van der Waals surface area (Å²) in [4.78, 5) is 24.1. The van der Waals surface area contributed by atoms with Crippen molar-refractivity contribution >= 4 is 21.7 Å². The number of hydrogen-bond donors (Lipinski definition) is 4. The Balaban J connectivity index is 2.17. The van der Waals surface area contributed by atoms with Gasteiger partial charge in [-0.05, 0) is 12.1 Å². The number of carbonyl (C=O) groups is 2. The SMILES string of the molecule is O=C1CC(C2O[C@@H](CO)[C@H](O)[C@@H]2O)(S(=O)(=O)c2ccccc2)C(=O)N1. The topological polar surface area (TPSA) is 150 Å². The van der Waals surface area contributed by atoms with Gasteiger partial charge in [0.15, 0.2) is 14.6 Å². The van der Waals surface area contributed by atoms with Crippen LogP contribution < -0.4 is 5.32 Å². The molecule has 5 atom stereocenters. The molecule has 25 heavy (non-hydrogen) atoms. The highest BCUT2D eigenvalue weighted by atomic mass is 32.2. The van der Waals surface area contributed by atoms with Crippen LogP contribution in [0, 0.1) is 0 Å². The molecule has 2 aliphatic heterocycles. The lowest BCUT2D eigenvalue weighted by Gasteiger charge is -2.32. The van der Waals surface area contributed by atoms with E-state index >= 15 is 0 Å². The van der Waals surface area contributed by atoms with Crippen molar-refractivity contribution in [2.75, 3.05) is 6.61 Å². The average molecular weight is 371 g/mol. The van der Waals surface area contributed by atoms with Gasteiger partial charge in [0.2, 0.25) is 5.91 Å². The van der Waals surface area contributed by atoms with E-state index in [4.69, 9.17) is 4.74 Å². The van der Waals surface area contributed by atoms with Gasteiger partial charge in [0, 0.05) is 0 Å². The normalized spacial score (nSPS) is 35.8. The van der Waals surface area contributed by atoms with Gasteiger partial charge in [-0.3, -0.25) is 14.9 Å². The third-order valence-electron chi connectivity index (χ3n) is 4.60. The number of hydrogen-bond acceptors (Lipinski definition) is 8. The molecular formula is C15H17NO8S. The first-order valence-corrected chi connectivity index (χ1v) is 9.00. The number of aliphatic hydroxyl groups excluding tert-OH is 3. The molecule has 2 saturated heterocycles. The number of sulfone groups is 1. The molecule has 1 aromatic carbocycles. The zero-order chi connectivity index (χ0) is 18.4. The summed E-state index contributed by atoms with van der Waals surface area (Å²) in [5, 5.41) is 31.4. The van der Waals surface area contributed by atoms with Crippen LogP contribution in [0.3, 0.4) is 0 Å². The van der Waals surface area contributed by atoms with Gasteiger partial charge in [-0.15, -0.1) is 0 Å². The highest BCUT2D eigenvalue weighted by molar-refractivity contribution is 7.93. The number of nitrogens with one attached hydrogen (secondary N) is 1. The molecule has 9 nitrogen and oxygen atoms in total. The molecule has 0 saturated carbocycles. The predicted molar refractivity (Wildman–Crippen MR) is 81.9 cm³/mol. The number of ether oxygens (including phenoxy) is 1. The Bertz CT molecular complexity index is 795. The van der Waals surface area contributed by atoms with E-state index in [1.54, 1.807) is 6.07 Å². The molecular weight excluding hydrogens is 354 g/mol. The lowest BCUT2D eigenvalue weighted by molar-refractivity contribution is -0.128. The Kier molecular flexibility index (Phi) is 4.41. The predicted octanol–water partition coefficient (Wildman–Crippen LogP) is -2.27. The summed E-state index contributed by atoms with van der Waals surface area (Å²) < 4.78 is 29.3. The number of benzene rings is 1. The van der Waals surface area contributed by atoms with Crippen LogP contribution in [0.25, 0.3) is 0 Å². The van der Waals surface area contributed by atoms with Gasteiger partial charge in [-0.25, -0.2) is 8.42 Å². The van der Waals surface area contributed by atoms with E-state index in [0.29, 0.717) is 0 Å². The molecule has 3 rings (SSSR count). The Morgan fingerprint density at radius 1 is 1.16 bits per heavy atom. The van der Waals surface area contributed by atoms with Crippen molar-refractivity contribution in [2.45, 2.75) is 40.5 Å². The van der Waals surface area contributed by atoms with Crippen molar-refractivity contribution in [3.05, 3.63) is 30.3 Å². The number of imide groups is 1. The minimum Gasteiger partial charge on any atom is -0.394 e. The van der Waals surface area contributed by atoms with Gasteiger partial charge in [0.05, 0.1) is 17.9 Å². The van der Waals surface area contributed by atoms with Crippen LogP contribution in [0.15, 0.2) is 35.2 Å². The maximum absolute atomic E-state index is 13.2. The van der Waals surface area contributed by atoms with Crippen LogP contribution in [-0.4, -0.2) is 71.3 Å². The highest BCUT2D eigenvalue weighted by Crippen LogP contribution is 2.42. The largest absolute Gasteiger partial charge is 0.394 e. The van der Waals surface area contributed by atoms with Crippen LogP contribution in [0.1, 0.15) is 6.42 Å². The molecule has 10 heteroatoms. The molecule has 2 fully saturated rings. The lowest BCUT2D eigenvalue weighted by atomic mass is 9.93. The number of amides is 2. The van der Waals surface area contributed by atoms with Crippen molar-refractivity contribution in [3.63, 3.8) is 0 Å². The van der Waals surface area contributed by atoms with E-state index in [1.165, 1.54) is 24.3 Å². The summed E-state index contributed by atoms with van der Waals surface area (Å²) in [5.41, 5.74) is 0. The molecule has 136 valence electrons. The van der Waals surface area contributed by atoms with Crippen LogP contribution in [0.4, 0.5) is 0 Å². The fourth-order valence-electron chi connectivity index (χ4n) is 3.29. The second-order valence-electron chi connectivity index (χ2n) is 6.02. The average Bonchev–Trinajstić information content (AvgIpc) is 3.05. The molecule has 0 aliphatic carbocycles. The maximum Gasteiger partial charge on any atom is 0.251 e. The zero-order valence-electron chi connectivity index (χ0n) is 12.9. The van der Waals surface area contributed by atoms with Crippen LogP contribution in [0.5, 0.6) is 0 Å². The first-order chi connectivity index (χ1) is 11.8. The van der Waals surface area contributed by atoms with E-state index in [2.05, 4.69) is 0 Å². The van der Waals surface area contributed by atoms with Crippen molar-refractivity contribution in [3.8, 4) is 0 Å². The van der Waals surface area contributed by atoms with E-state index < -0.39 is 63.8 Å². The van der Waals surface area contributed by atoms with Gasteiger partial charge in [0.1, 0.15) is 24.4 Å². The highest BCUT2D eigenvalue weighted by Gasteiger charge is 2.67. The quantitative estimate of drug-likeness (QED) is 0.433. The summed E-state index contributed by atoms with van der Waals surface area (Å²) in [5.74, 6) is -1.96. The maximum atomic E-state index is 13.2. The molecule has 0 spiro atoms. The van der Waals surface area contributed by atoms with Gasteiger partial charge in [-0.1, -0.05) is 18.2 Å². The van der Waals surface area contributed by atoms with E-state index in [-0.39, 0.29) is 4.90 Å². The number of carbonyl (C=O) groups excluding carboxylic acids is 2. The molecule has 0 radical (unpaired) electrons. The van der Waals surface area contributed by atoms with Gasteiger partial charge < -0.3 is 20.1 Å². The molecule has 2 amide bonds. The van der Waals surface area contributed by atoms with E-state index in [0.717, 1.165) is 0 Å². The Morgan fingerprint density at radius 3 is 2.28 bits per heavy atom. The summed E-state index contributed by atoms with van der Waals surface area (Å²) >= 11 is 0. The molecule has 1 aromatic rings. The zero-order valence-corrected chi connectivity index (χ0v) is 13.7. The Labute approximate surface area is 143 Å². The standard InChI is InChI=1S/C15H17NO8S/c17-7-9-11(19)12(20)13(24-9)15(6-10(18)16-14(15)21)25(22,23)8-4-2-1-3-5-8/h1-5,9,11-13,17,19-20H,6-7H2,(H,16,18,21)/t9-,11-,12-,13?,15?/m0/s1. The molecule has 0 bridgehead atoms. The van der Waals surface area contributed by atoms with Crippen LogP contribution >= 0.6 is 0 Å². The smallest absolute Gasteiger partial charge is 0.251 e. The number of rotatable bonds is 4. The fourth-order valence-corrected chi connectivity index (χ4v) is 5.34. The van der Waals surface area contributed by atoms with Gasteiger partial charge in [-0.2, -0.15) is 0 Å². The molecule has 4 N–H and O–H groups in total. The van der Waals surface area contributed by atoms with Gasteiger partial charge >= 0.3 is 0 Å². The molecule has 2 heterocycles. The van der Waals surface area contributed by atoms with Crippen LogP contribution in [-0.2, 0) is 24.2 Å². The lowest BCUT2D eigenvalue weighted by Crippen LogP contribution is -2.58. The Hall–Kier alpha value is -1.85. The van der Waals surface area contributed by atoms with E-state index in [1.807, 2.05) is 5.32 Å². The van der Waals surface area contributed by atoms with E-state index in [9.17, 15) is 33.3 Å². The van der Waals surface area contributed by atoms with Crippen molar-refractivity contribution < 1.29 is 38.1 Å². The van der Waals surface area contributed by atoms with Gasteiger partial charge in [0.25, 0.3) is 5.91 Å². The fraction of sp³-hybridized carbons (Fsp3) is 0.467. The minimum absolute atomic E-state index is 0.224. The second kappa shape index (κ2) is 6.15. The molecule has 2 aliphatic rings. The Morgan fingerprint density at radius 2 is 1.80 bits per heavy atom. The first-order valence-electron chi connectivity index (χ1n) is 7.52. The first kappa shape index (κ1) is 18.0. The van der Waals surface area contributed by atoms with Crippen molar-refractivity contribution in [2.24, 2.45) is 0 Å². The monoisotopic (exact) mass is 371 g/mol. The third-order valence-corrected chi connectivity index (χ3v) is 7.01. The summed E-state index contributed by atoms with van der Waals surface area (Å²) in [6, 6.07) is 7.00. The minimum atomic E-state index is -4.46. The van der Waals surface area contributed by atoms with Crippen LogP contribution in [0.2, 0.25) is 0 Å². The molecule has 2 unspecified atom stereocenters. The summed E-state index contributed by atoms with van der Waals surface area (Å²) in [6.45, 7) is -0.689. The summed E-state index contributed by atoms with van der Waals surface area (Å²) in [7, 11) is -4.46. The number of aliphatic hydroxyl groups is 3. The third kappa shape index (κ3) is 2.49.